The third-order valence-corrected chi connectivity index (χ3v) is 5.16. The largest absolute Gasteiger partial charge is 0.484 e. The zero-order valence-corrected chi connectivity index (χ0v) is 16.3. The lowest BCUT2D eigenvalue weighted by Crippen LogP contribution is -2.27. The van der Waals surface area contributed by atoms with Crippen LogP contribution in [0.2, 0.25) is 5.02 Å². The number of nitrogens with zero attached hydrogens (tertiary/aromatic N) is 3. The van der Waals surface area contributed by atoms with Crippen molar-refractivity contribution >= 4 is 40.6 Å². The number of aromatic nitrogens is 2. The van der Waals surface area contributed by atoms with Gasteiger partial charge in [-0.05, 0) is 46.7 Å². The fourth-order valence-corrected chi connectivity index (χ4v) is 3.52. The Balaban J connectivity index is 1.44. The van der Waals surface area contributed by atoms with Gasteiger partial charge in [0.25, 0.3) is 11.1 Å². The molecule has 0 aliphatic rings. The molecule has 1 aromatic carbocycles. The topological polar surface area (TPSA) is 68.5 Å². The second-order valence-electron chi connectivity index (χ2n) is 5.37. The summed E-state index contributed by atoms with van der Waals surface area (Å²) in [6, 6.07) is 9.01. The van der Waals surface area contributed by atoms with E-state index in [1.165, 1.54) is 11.8 Å². The van der Waals surface area contributed by atoms with E-state index >= 15 is 0 Å². The van der Waals surface area contributed by atoms with Gasteiger partial charge in [-0.2, -0.15) is 11.3 Å². The molecule has 0 fully saturated rings. The van der Waals surface area contributed by atoms with Crippen LogP contribution in [0.25, 0.3) is 0 Å². The van der Waals surface area contributed by atoms with Crippen molar-refractivity contribution in [3.63, 3.8) is 0 Å². The maximum atomic E-state index is 12.2. The number of benzene rings is 1. The SMILES string of the molecule is CN(Cc1ccsc1)C(=O)CSc1nnc(COc2ccc(Cl)cc2)o1. The molecular weight excluding hydrogens is 394 g/mol. The van der Waals surface area contributed by atoms with Gasteiger partial charge in [0.15, 0.2) is 6.61 Å². The lowest BCUT2D eigenvalue weighted by atomic mass is 10.3. The number of halogens is 1. The molecule has 9 heteroatoms. The molecule has 0 unspecified atom stereocenters. The molecule has 6 nitrogen and oxygen atoms in total. The molecule has 136 valence electrons. The van der Waals surface area contributed by atoms with Crippen molar-refractivity contribution in [2.24, 2.45) is 0 Å². The van der Waals surface area contributed by atoms with Crippen LogP contribution in [0.4, 0.5) is 0 Å². The Labute approximate surface area is 164 Å². The van der Waals surface area contributed by atoms with E-state index in [9.17, 15) is 4.79 Å². The molecule has 0 bridgehead atoms. The van der Waals surface area contributed by atoms with Gasteiger partial charge in [0, 0.05) is 18.6 Å². The maximum Gasteiger partial charge on any atom is 0.277 e. The minimum absolute atomic E-state index is 0.00151. The Morgan fingerprint density at radius 3 is 2.85 bits per heavy atom. The Hall–Kier alpha value is -2.03. The van der Waals surface area contributed by atoms with Gasteiger partial charge in [0.1, 0.15) is 5.75 Å². The number of ether oxygens (including phenoxy) is 1. The van der Waals surface area contributed by atoms with Crippen LogP contribution in [-0.4, -0.2) is 33.8 Å². The van der Waals surface area contributed by atoms with Crippen molar-refractivity contribution in [3.05, 3.63) is 57.6 Å². The van der Waals surface area contributed by atoms with Gasteiger partial charge < -0.3 is 14.1 Å². The van der Waals surface area contributed by atoms with Crippen LogP contribution in [-0.2, 0) is 17.9 Å². The zero-order chi connectivity index (χ0) is 18.4. The number of rotatable bonds is 8. The summed E-state index contributed by atoms with van der Waals surface area (Å²) in [4.78, 5) is 13.8. The molecule has 0 aliphatic carbocycles. The molecular formula is C17H16ClN3O3S2. The van der Waals surface area contributed by atoms with Crippen molar-refractivity contribution < 1.29 is 13.9 Å². The summed E-state index contributed by atoms with van der Waals surface area (Å²) in [5.41, 5.74) is 1.12. The molecule has 0 radical (unpaired) electrons. The zero-order valence-electron chi connectivity index (χ0n) is 13.9. The van der Waals surface area contributed by atoms with Crippen molar-refractivity contribution in [3.8, 4) is 5.75 Å². The lowest BCUT2D eigenvalue weighted by molar-refractivity contribution is -0.127. The van der Waals surface area contributed by atoms with Gasteiger partial charge in [-0.1, -0.05) is 23.4 Å². The number of amides is 1. The van der Waals surface area contributed by atoms with Crippen molar-refractivity contribution in [2.45, 2.75) is 18.4 Å². The first-order valence-electron chi connectivity index (χ1n) is 7.69. The summed E-state index contributed by atoms with van der Waals surface area (Å²) in [5, 5.41) is 12.9. The van der Waals surface area contributed by atoms with E-state index in [2.05, 4.69) is 10.2 Å². The highest BCUT2D eigenvalue weighted by molar-refractivity contribution is 7.99. The van der Waals surface area contributed by atoms with Crippen molar-refractivity contribution in [2.75, 3.05) is 12.8 Å². The highest BCUT2D eigenvalue weighted by atomic mass is 35.5. The van der Waals surface area contributed by atoms with Gasteiger partial charge in [0.2, 0.25) is 5.91 Å². The van der Waals surface area contributed by atoms with E-state index in [0.717, 1.165) is 5.56 Å². The highest BCUT2D eigenvalue weighted by Gasteiger charge is 2.13. The molecule has 0 saturated heterocycles. The molecule has 0 spiro atoms. The van der Waals surface area contributed by atoms with E-state index in [0.29, 0.717) is 28.4 Å². The molecule has 0 N–H and O–H groups in total. The number of thioether (sulfide) groups is 1. The first-order valence-corrected chi connectivity index (χ1v) is 9.99. The molecule has 3 rings (SSSR count). The summed E-state index contributed by atoms with van der Waals surface area (Å²) in [6.07, 6.45) is 0. The number of thiophene rings is 1. The predicted molar refractivity (Wildman–Crippen MR) is 102 cm³/mol. The predicted octanol–water partition coefficient (Wildman–Crippen LogP) is 4.11. The van der Waals surface area contributed by atoms with Crippen LogP contribution in [0, 0.1) is 0 Å². The van der Waals surface area contributed by atoms with Crippen LogP contribution in [0.5, 0.6) is 5.75 Å². The van der Waals surface area contributed by atoms with E-state index in [1.54, 1.807) is 47.5 Å². The average Bonchev–Trinajstić information content (AvgIpc) is 3.31. The Morgan fingerprint density at radius 1 is 1.31 bits per heavy atom. The second kappa shape index (κ2) is 9.07. The molecule has 1 amide bonds. The van der Waals surface area contributed by atoms with Gasteiger partial charge in [0.05, 0.1) is 5.75 Å². The fourth-order valence-electron chi connectivity index (χ4n) is 2.01. The van der Waals surface area contributed by atoms with E-state index in [1.807, 2.05) is 16.8 Å². The van der Waals surface area contributed by atoms with Crippen LogP contribution < -0.4 is 4.74 Å². The number of hydrogen-bond donors (Lipinski definition) is 0. The quantitative estimate of drug-likeness (QED) is 0.521. The smallest absolute Gasteiger partial charge is 0.277 e. The van der Waals surface area contributed by atoms with Crippen LogP contribution in [0.3, 0.4) is 0 Å². The molecule has 3 aromatic rings. The molecule has 0 atom stereocenters. The lowest BCUT2D eigenvalue weighted by Gasteiger charge is -2.15. The monoisotopic (exact) mass is 409 g/mol. The summed E-state index contributed by atoms with van der Waals surface area (Å²) in [7, 11) is 1.78. The van der Waals surface area contributed by atoms with E-state index in [4.69, 9.17) is 20.8 Å². The molecule has 2 heterocycles. The van der Waals surface area contributed by atoms with Gasteiger partial charge in [-0.25, -0.2) is 0 Å². The minimum Gasteiger partial charge on any atom is -0.484 e. The standard InChI is InChI=1S/C17H16ClN3O3S2/c1-21(8-12-6-7-25-10-12)16(22)11-26-17-20-19-15(24-17)9-23-14-4-2-13(18)3-5-14/h2-7,10H,8-9,11H2,1H3. The summed E-state index contributed by atoms with van der Waals surface area (Å²) < 4.78 is 11.0. The first kappa shape index (κ1) is 18.8. The first-order chi connectivity index (χ1) is 12.6. The van der Waals surface area contributed by atoms with Crippen LogP contribution >= 0.6 is 34.7 Å². The third kappa shape index (κ3) is 5.48. The normalized spacial score (nSPS) is 10.7. The molecule has 0 saturated carbocycles. The number of carbonyl (C=O) groups excluding carboxylic acids is 1. The molecule has 2 aromatic heterocycles. The van der Waals surface area contributed by atoms with E-state index < -0.39 is 0 Å². The Bertz CT molecular complexity index is 837. The number of carbonyl (C=O) groups is 1. The third-order valence-electron chi connectivity index (χ3n) is 3.37. The minimum atomic E-state index is -0.00151. The second-order valence-corrected chi connectivity index (χ2v) is 7.52. The fraction of sp³-hybridized carbons (Fsp3) is 0.235. The van der Waals surface area contributed by atoms with Crippen molar-refractivity contribution in [1.29, 1.82) is 0 Å². The van der Waals surface area contributed by atoms with Gasteiger partial charge in [-0.15, -0.1) is 10.2 Å². The maximum absolute atomic E-state index is 12.2. The molecule has 0 aliphatic heterocycles. The Kier molecular flexibility index (Phi) is 6.54. The van der Waals surface area contributed by atoms with E-state index in [-0.39, 0.29) is 18.3 Å². The van der Waals surface area contributed by atoms with Gasteiger partial charge in [-0.3, -0.25) is 4.79 Å². The van der Waals surface area contributed by atoms with Crippen LogP contribution in [0.15, 0.2) is 50.7 Å². The van der Waals surface area contributed by atoms with Crippen molar-refractivity contribution in [1.82, 2.24) is 15.1 Å². The molecule has 26 heavy (non-hydrogen) atoms. The summed E-state index contributed by atoms with van der Waals surface area (Å²) in [5.74, 6) is 1.24. The average molecular weight is 410 g/mol. The Morgan fingerprint density at radius 2 is 2.12 bits per heavy atom. The highest BCUT2D eigenvalue weighted by Crippen LogP contribution is 2.20. The van der Waals surface area contributed by atoms with Crippen LogP contribution in [0.1, 0.15) is 11.5 Å². The summed E-state index contributed by atoms with van der Waals surface area (Å²) >= 11 is 8.65. The number of hydrogen-bond acceptors (Lipinski definition) is 7. The van der Waals surface area contributed by atoms with Gasteiger partial charge >= 0.3 is 0 Å². The summed E-state index contributed by atoms with van der Waals surface area (Å²) in [6.45, 7) is 0.744.